The van der Waals surface area contributed by atoms with Gasteiger partial charge in [-0.15, -0.1) is 23.1 Å². The summed E-state index contributed by atoms with van der Waals surface area (Å²) in [6, 6.07) is 7.05. The van der Waals surface area contributed by atoms with E-state index in [1.54, 1.807) is 4.91 Å². The first-order valence-corrected chi connectivity index (χ1v) is 10.3. The Morgan fingerprint density at radius 2 is 2.00 bits per heavy atom. The van der Waals surface area contributed by atoms with E-state index in [0.29, 0.717) is 11.2 Å². The van der Waals surface area contributed by atoms with Crippen LogP contribution in [0.5, 0.6) is 0 Å². The molecule has 0 saturated heterocycles. The van der Waals surface area contributed by atoms with Crippen LogP contribution < -0.4 is 0 Å². The summed E-state index contributed by atoms with van der Waals surface area (Å²) in [5.41, 5.74) is 3.00. The first-order chi connectivity index (χ1) is 11.3. The maximum Gasteiger partial charge on any atom is 0.0372 e. The molecule has 1 aromatic carbocycles. The van der Waals surface area contributed by atoms with Gasteiger partial charge in [-0.1, -0.05) is 49.4 Å². The van der Waals surface area contributed by atoms with E-state index in [1.165, 1.54) is 40.5 Å². The largest absolute Gasteiger partial charge is 0.144 e. The van der Waals surface area contributed by atoms with E-state index in [2.05, 4.69) is 72.6 Å². The topological polar surface area (TPSA) is 0 Å². The molecule has 0 spiro atoms. The number of allylic oxidation sites excluding steroid dienone is 5. The van der Waals surface area contributed by atoms with Gasteiger partial charge in [0, 0.05) is 15.9 Å². The van der Waals surface area contributed by atoms with Crippen molar-refractivity contribution in [2.45, 2.75) is 37.9 Å². The van der Waals surface area contributed by atoms with Crippen molar-refractivity contribution in [1.29, 1.82) is 0 Å². The maximum atomic E-state index is 2.48. The third-order valence-electron chi connectivity index (χ3n) is 4.78. The van der Waals surface area contributed by atoms with Crippen LogP contribution >= 0.6 is 23.1 Å². The molecule has 1 aliphatic carbocycles. The molecular weight excluding hydrogens is 316 g/mol. The molecule has 2 aliphatic rings. The summed E-state index contributed by atoms with van der Waals surface area (Å²) < 4.78 is 1.43. The molecule has 0 nitrogen and oxygen atoms in total. The molecule has 118 valence electrons. The minimum absolute atomic E-state index is 0.634. The molecule has 2 heteroatoms. The summed E-state index contributed by atoms with van der Waals surface area (Å²) in [6.07, 6.45) is 16.3. The highest BCUT2D eigenvalue weighted by Crippen LogP contribution is 2.41. The Kier molecular flexibility index (Phi) is 4.46. The van der Waals surface area contributed by atoms with Gasteiger partial charge in [-0.25, -0.2) is 0 Å². The van der Waals surface area contributed by atoms with E-state index in [9.17, 15) is 0 Å². The number of hydrogen-bond donors (Lipinski definition) is 0. The zero-order valence-corrected chi connectivity index (χ0v) is 15.1. The van der Waals surface area contributed by atoms with Crippen LogP contribution in [-0.2, 0) is 12.8 Å². The van der Waals surface area contributed by atoms with Crippen LogP contribution in [0.15, 0.2) is 58.9 Å². The molecule has 23 heavy (non-hydrogen) atoms. The molecule has 1 aliphatic heterocycles. The van der Waals surface area contributed by atoms with Crippen LogP contribution in [0, 0.1) is 5.92 Å². The number of thiophene rings is 1. The van der Waals surface area contributed by atoms with Gasteiger partial charge in [-0.05, 0) is 58.5 Å². The minimum atomic E-state index is 0.634. The molecule has 0 saturated carbocycles. The van der Waals surface area contributed by atoms with Gasteiger partial charge in [0.25, 0.3) is 0 Å². The Hall–Kier alpha value is -1.25. The molecule has 2 atom stereocenters. The van der Waals surface area contributed by atoms with Gasteiger partial charge in [-0.2, -0.15) is 0 Å². The van der Waals surface area contributed by atoms with Crippen molar-refractivity contribution < 1.29 is 0 Å². The van der Waals surface area contributed by atoms with E-state index < -0.39 is 0 Å². The predicted molar refractivity (Wildman–Crippen MR) is 105 cm³/mol. The minimum Gasteiger partial charge on any atom is -0.144 e. The van der Waals surface area contributed by atoms with Crippen LogP contribution in [0.1, 0.15) is 30.9 Å². The van der Waals surface area contributed by atoms with Crippen LogP contribution in [0.3, 0.4) is 0 Å². The summed E-state index contributed by atoms with van der Waals surface area (Å²) in [7, 11) is 0. The fraction of sp³-hybridized carbons (Fsp3) is 0.333. The Morgan fingerprint density at radius 1 is 1.09 bits per heavy atom. The van der Waals surface area contributed by atoms with Crippen molar-refractivity contribution >= 4 is 33.2 Å². The van der Waals surface area contributed by atoms with Gasteiger partial charge in [0.05, 0.1) is 0 Å². The summed E-state index contributed by atoms with van der Waals surface area (Å²) in [6.45, 7) is 2.25. The lowest BCUT2D eigenvalue weighted by Crippen LogP contribution is -2.07. The second kappa shape index (κ2) is 6.70. The molecule has 4 rings (SSSR count). The van der Waals surface area contributed by atoms with Crippen molar-refractivity contribution in [3.05, 3.63) is 70.0 Å². The highest BCUT2D eigenvalue weighted by molar-refractivity contribution is 8.04. The third-order valence-corrected chi connectivity index (χ3v) is 7.18. The zero-order chi connectivity index (χ0) is 15.6. The summed E-state index contributed by atoms with van der Waals surface area (Å²) in [5.74, 6) is 0.634. The molecule has 2 aromatic rings. The average Bonchev–Trinajstić information content (AvgIpc) is 3.17. The smallest absolute Gasteiger partial charge is 0.0372 e. The van der Waals surface area contributed by atoms with Crippen LogP contribution in [0.4, 0.5) is 0 Å². The fourth-order valence-electron chi connectivity index (χ4n) is 3.47. The monoisotopic (exact) mass is 338 g/mol. The lowest BCUT2D eigenvalue weighted by molar-refractivity contribution is 0.823. The Morgan fingerprint density at radius 3 is 2.87 bits per heavy atom. The van der Waals surface area contributed by atoms with Gasteiger partial charge in [0.15, 0.2) is 0 Å². The highest BCUT2D eigenvalue weighted by atomic mass is 32.2. The number of rotatable bonds is 5. The summed E-state index contributed by atoms with van der Waals surface area (Å²) >= 11 is 3.94. The van der Waals surface area contributed by atoms with Gasteiger partial charge in [-0.3, -0.25) is 0 Å². The molecule has 0 amide bonds. The van der Waals surface area contributed by atoms with Crippen molar-refractivity contribution in [3.63, 3.8) is 0 Å². The fourth-order valence-corrected chi connectivity index (χ4v) is 5.84. The molecule has 0 fully saturated rings. The standard InChI is InChI=1S/C21H22S2/c1-2-16-14-22-21-11-10-15(12-19(16)21)6-5-8-18-13-17-7-3-4-9-20(17)23-18/h3-4,7,9-14,17,20H,2,5-6,8H2,1H3. The highest BCUT2D eigenvalue weighted by Gasteiger charge is 2.25. The maximum absolute atomic E-state index is 2.48. The number of fused-ring (bicyclic) bond motifs is 2. The first kappa shape index (κ1) is 15.3. The predicted octanol–water partition coefficient (Wildman–Crippen LogP) is 6.53. The average molecular weight is 339 g/mol. The van der Waals surface area contributed by atoms with Crippen LogP contribution in [-0.4, -0.2) is 5.25 Å². The Balaban J connectivity index is 1.38. The summed E-state index contributed by atoms with van der Waals surface area (Å²) in [5, 5.41) is 4.45. The van der Waals surface area contributed by atoms with Crippen molar-refractivity contribution in [1.82, 2.24) is 0 Å². The van der Waals surface area contributed by atoms with Gasteiger partial charge in [0.2, 0.25) is 0 Å². The van der Waals surface area contributed by atoms with E-state index in [1.807, 2.05) is 11.3 Å². The quantitative estimate of drug-likeness (QED) is 0.597. The number of aryl methyl sites for hydroxylation is 2. The van der Waals surface area contributed by atoms with E-state index >= 15 is 0 Å². The Bertz CT molecular complexity index is 791. The van der Waals surface area contributed by atoms with Crippen LogP contribution in [0.25, 0.3) is 10.1 Å². The normalized spacial score (nSPS) is 22.6. The number of benzene rings is 1. The molecule has 2 heterocycles. The SMILES string of the molecule is CCc1csc2ccc(CCCC3=CC4C=CC=CC4S3)cc12. The van der Waals surface area contributed by atoms with Crippen molar-refractivity contribution in [3.8, 4) is 0 Å². The van der Waals surface area contributed by atoms with E-state index in [4.69, 9.17) is 0 Å². The lowest BCUT2D eigenvalue weighted by Gasteiger charge is -2.13. The molecule has 2 unspecified atom stereocenters. The van der Waals surface area contributed by atoms with E-state index in [-0.39, 0.29) is 0 Å². The van der Waals surface area contributed by atoms with Gasteiger partial charge < -0.3 is 0 Å². The molecule has 1 aromatic heterocycles. The molecule has 0 bridgehead atoms. The van der Waals surface area contributed by atoms with E-state index in [0.717, 1.165) is 6.42 Å². The lowest BCUT2D eigenvalue weighted by atomic mass is 9.99. The van der Waals surface area contributed by atoms with Gasteiger partial charge >= 0.3 is 0 Å². The number of thioether (sulfide) groups is 1. The second-order valence-electron chi connectivity index (χ2n) is 6.36. The first-order valence-electron chi connectivity index (χ1n) is 8.55. The van der Waals surface area contributed by atoms with Crippen molar-refractivity contribution in [2.75, 3.05) is 0 Å². The van der Waals surface area contributed by atoms with Crippen LogP contribution in [0.2, 0.25) is 0 Å². The summed E-state index contributed by atoms with van der Waals surface area (Å²) in [4.78, 5) is 1.59. The molecular formula is C21H22S2. The number of hydrogen-bond acceptors (Lipinski definition) is 2. The molecule has 0 radical (unpaired) electrons. The Labute approximate surface area is 147 Å². The van der Waals surface area contributed by atoms with Crippen molar-refractivity contribution in [2.24, 2.45) is 5.92 Å². The third kappa shape index (κ3) is 3.20. The second-order valence-corrected chi connectivity index (χ2v) is 8.58. The zero-order valence-electron chi connectivity index (χ0n) is 13.5. The molecule has 0 N–H and O–H groups in total. The van der Waals surface area contributed by atoms with Gasteiger partial charge in [0.1, 0.15) is 0 Å².